The van der Waals surface area contributed by atoms with Crippen LogP contribution in [0, 0.1) is 0 Å². The summed E-state index contributed by atoms with van der Waals surface area (Å²) in [4.78, 5) is 20.3. The quantitative estimate of drug-likeness (QED) is 0.187. The second kappa shape index (κ2) is 10.9. The Labute approximate surface area is 295 Å². The van der Waals surface area contributed by atoms with Crippen molar-refractivity contribution in [1.82, 2.24) is 29.1 Å². The van der Waals surface area contributed by atoms with Gasteiger partial charge in [0.2, 0.25) is 5.95 Å². The van der Waals surface area contributed by atoms with Crippen molar-refractivity contribution in [1.29, 1.82) is 0 Å². The van der Waals surface area contributed by atoms with E-state index in [2.05, 4.69) is 142 Å². The maximum atomic E-state index is 5.39. The largest absolute Gasteiger partial charge is 0.308 e. The lowest BCUT2D eigenvalue weighted by atomic mass is 10.1. The molecule has 0 radical (unpaired) electrons. The first-order valence-electron chi connectivity index (χ1n) is 16.9. The highest BCUT2D eigenvalue weighted by Crippen LogP contribution is 2.43. The molecule has 0 aliphatic rings. The van der Waals surface area contributed by atoms with Gasteiger partial charge in [-0.1, -0.05) is 103 Å². The van der Waals surface area contributed by atoms with Crippen molar-refractivity contribution in [3.63, 3.8) is 0 Å². The van der Waals surface area contributed by atoms with Crippen molar-refractivity contribution in [3.8, 4) is 34.4 Å². The van der Waals surface area contributed by atoms with E-state index in [1.165, 1.54) is 25.6 Å². The summed E-state index contributed by atoms with van der Waals surface area (Å²) < 4.78 is 7.04. The molecule has 0 atom stereocenters. The zero-order valence-electron chi connectivity index (χ0n) is 27.1. The van der Waals surface area contributed by atoms with Crippen LogP contribution in [0.25, 0.3) is 98.2 Å². The fourth-order valence-electron chi connectivity index (χ4n) is 7.71. The molecular formula is C44H26N6S. The van der Waals surface area contributed by atoms with Gasteiger partial charge in [-0.25, -0.2) is 4.98 Å². The van der Waals surface area contributed by atoms with E-state index in [1.807, 2.05) is 41.9 Å². The molecule has 0 spiro atoms. The van der Waals surface area contributed by atoms with Crippen molar-refractivity contribution in [2.24, 2.45) is 0 Å². The van der Waals surface area contributed by atoms with Gasteiger partial charge >= 0.3 is 0 Å². The molecule has 6 aromatic carbocycles. The van der Waals surface area contributed by atoms with Gasteiger partial charge < -0.3 is 4.57 Å². The van der Waals surface area contributed by atoms with Crippen LogP contribution >= 0.6 is 11.3 Å². The second-order valence-corrected chi connectivity index (χ2v) is 13.8. The van der Waals surface area contributed by atoms with E-state index in [1.54, 1.807) is 0 Å². The van der Waals surface area contributed by atoms with Crippen LogP contribution in [0.3, 0.4) is 0 Å². The topological polar surface area (TPSA) is 61.4 Å². The van der Waals surface area contributed by atoms with Gasteiger partial charge in [-0.15, -0.1) is 11.3 Å². The fourth-order valence-corrected chi connectivity index (χ4v) is 8.82. The molecule has 51 heavy (non-hydrogen) atoms. The Hall–Kier alpha value is -6.70. The van der Waals surface area contributed by atoms with E-state index < -0.39 is 0 Å². The van der Waals surface area contributed by atoms with Gasteiger partial charge in [0.1, 0.15) is 0 Å². The SMILES string of the molecule is c1ccc(-c2nc(-c3ccccc3-n3c4ccccc4c4cnccc43)nc(-n3c4ccccc4c4ccc5sc6ccccc6c5c43)n2)cc1. The Morgan fingerprint density at radius 1 is 0.451 bits per heavy atom. The Morgan fingerprint density at radius 2 is 1.12 bits per heavy atom. The van der Waals surface area contributed by atoms with E-state index in [9.17, 15) is 0 Å². The van der Waals surface area contributed by atoms with Crippen molar-refractivity contribution in [3.05, 3.63) is 158 Å². The summed E-state index contributed by atoms with van der Waals surface area (Å²) in [6.45, 7) is 0. The molecule has 7 heteroatoms. The van der Waals surface area contributed by atoms with Crippen LogP contribution in [0.2, 0.25) is 0 Å². The summed E-state index contributed by atoms with van der Waals surface area (Å²) in [5, 5.41) is 7.02. The molecule has 0 N–H and O–H groups in total. The first-order valence-corrected chi connectivity index (χ1v) is 17.7. The predicted octanol–water partition coefficient (Wildman–Crippen LogP) is 11.2. The van der Waals surface area contributed by atoms with Gasteiger partial charge in [0, 0.05) is 65.2 Å². The van der Waals surface area contributed by atoms with Crippen LogP contribution < -0.4 is 0 Å². The monoisotopic (exact) mass is 670 g/mol. The minimum atomic E-state index is 0.578. The zero-order valence-corrected chi connectivity index (χ0v) is 27.9. The van der Waals surface area contributed by atoms with E-state index in [-0.39, 0.29) is 0 Å². The van der Waals surface area contributed by atoms with Gasteiger partial charge in [0.05, 0.1) is 27.8 Å². The van der Waals surface area contributed by atoms with Crippen LogP contribution in [0.4, 0.5) is 0 Å². The van der Waals surface area contributed by atoms with E-state index in [4.69, 9.17) is 15.0 Å². The molecule has 11 aromatic rings. The van der Waals surface area contributed by atoms with Gasteiger partial charge in [-0.05, 0) is 42.5 Å². The summed E-state index contributed by atoms with van der Waals surface area (Å²) in [6.07, 6.45) is 3.80. The van der Waals surface area contributed by atoms with Crippen LogP contribution in [0.15, 0.2) is 158 Å². The lowest BCUT2D eigenvalue weighted by molar-refractivity contribution is 0.953. The predicted molar refractivity (Wildman–Crippen MR) is 210 cm³/mol. The molecule has 11 rings (SSSR count). The third kappa shape index (κ3) is 4.16. The van der Waals surface area contributed by atoms with E-state index in [0.717, 1.165) is 55.0 Å². The number of para-hydroxylation sites is 3. The number of nitrogens with zero attached hydrogens (tertiary/aromatic N) is 6. The third-order valence-corrected chi connectivity index (χ3v) is 11.0. The summed E-state index contributed by atoms with van der Waals surface area (Å²) in [5.41, 5.74) is 7.14. The summed E-state index contributed by atoms with van der Waals surface area (Å²) in [5.74, 6) is 1.79. The normalized spacial score (nSPS) is 11.9. The molecule has 0 unspecified atom stereocenters. The minimum absolute atomic E-state index is 0.578. The van der Waals surface area contributed by atoms with E-state index >= 15 is 0 Å². The molecule has 0 saturated carbocycles. The number of aromatic nitrogens is 6. The van der Waals surface area contributed by atoms with Gasteiger partial charge in [0.15, 0.2) is 11.6 Å². The van der Waals surface area contributed by atoms with Gasteiger partial charge in [-0.2, -0.15) is 9.97 Å². The first kappa shape index (κ1) is 28.2. The first-order chi connectivity index (χ1) is 25.3. The highest BCUT2D eigenvalue weighted by molar-refractivity contribution is 7.26. The highest BCUT2D eigenvalue weighted by Gasteiger charge is 2.23. The molecule has 6 nitrogen and oxygen atoms in total. The molecule has 0 bridgehead atoms. The van der Waals surface area contributed by atoms with Crippen LogP contribution in [0.5, 0.6) is 0 Å². The molecule has 5 aromatic heterocycles. The maximum absolute atomic E-state index is 5.39. The molecule has 0 saturated heterocycles. The summed E-state index contributed by atoms with van der Waals surface area (Å²) in [6, 6.07) is 50.9. The van der Waals surface area contributed by atoms with Crippen molar-refractivity contribution >= 4 is 75.1 Å². The fraction of sp³-hybridized carbons (Fsp3) is 0. The number of thiophene rings is 1. The molecule has 0 amide bonds. The minimum Gasteiger partial charge on any atom is -0.308 e. The van der Waals surface area contributed by atoms with Crippen LogP contribution in [-0.4, -0.2) is 29.1 Å². The standard InChI is InChI=1S/C44H26N6S/c1-2-12-27(13-3-1)42-46-43(31-16-6-10-20-36(31)49-34-18-8-5-15-29(34)33-26-45-25-24-37(33)49)48-44(47-42)50-35-19-9-4-14-28(35)30-22-23-39-40(41(30)50)32-17-7-11-21-38(32)51-39/h1-26H. The van der Waals surface area contributed by atoms with Crippen molar-refractivity contribution in [2.45, 2.75) is 0 Å². The van der Waals surface area contributed by atoms with Gasteiger partial charge in [-0.3, -0.25) is 9.55 Å². The van der Waals surface area contributed by atoms with E-state index in [0.29, 0.717) is 17.6 Å². The number of fused-ring (bicyclic) bond motifs is 10. The van der Waals surface area contributed by atoms with Gasteiger partial charge in [0.25, 0.3) is 0 Å². The molecule has 238 valence electrons. The Morgan fingerprint density at radius 3 is 1.98 bits per heavy atom. The number of rotatable bonds is 4. The van der Waals surface area contributed by atoms with Crippen molar-refractivity contribution < 1.29 is 0 Å². The molecule has 0 aliphatic heterocycles. The molecule has 0 fully saturated rings. The number of hydrogen-bond acceptors (Lipinski definition) is 5. The Bertz CT molecular complexity index is 3100. The summed E-state index contributed by atoms with van der Waals surface area (Å²) in [7, 11) is 0. The average Bonchev–Trinajstić information content (AvgIpc) is 3.86. The maximum Gasteiger partial charge on any atom is 0.238 e. The highest BCUT2D eigenvalue weighted by atomic mass is 32.1. The van der Waals surface area contributed by atoms with Crippen LogP contribution in [0.1, 0.15) is 0 Å². The second-order valence-electron chi connectivity index (χ2n) is 12.7. The average molecular weight is 671 g/mol. The number of pyridine rings is 1. The molecular weight excluding hydrogens is 645 g/mol. The number of benzene rings is 6. The third-order valence-electron chi connectivity index (χ3n) is 9.89. The molecule has 0 aliphatic carbocycles. The van der Waals surface area contributed by atoms with Crippen LogP contribution in [-0.2, 0) is 0 Å². The lowest BCUT2D eigenvalue weighted by Crippen LogP contribution is -2.08. The Kier molecular flexibility index (Phi) is 6.02. The molecule has 5 heterocycles. The number of hydrogen-bond donors (Lipinski definition) is 0. The summed E-state index contributed by atoms with van der Waals surface area (Å²) >= 11 is 1.82. The smallest absolute Gasteiger partial charge is 0.238 e. The Balaban J connectivity index is 1.26. The van der Waals surface area contributed by atoms with Crippen molar-refractivity contribution in [2.75, 3.05) is 0 Å². The lowest BCUT2D eigenvalue weighted by Gasteiger charge is -2.15. The zero-order chi connectivity index (χ0) is 33.5.